The zero-order valence-corrected chi connectivity index (χ0v) is 24.6. The molecule has 3 amide bonds. The van der Waals surface area contributed by atoms with Crippen LogP contribution in [0.25, 0.3) is 0 Å². The van der Waals surface area contributed by atoms with Crippen LogP contribution in [-0.4, -0.2) is 80.4 Å². The first kappa shape index (κ1) is 34.6. The Bertz CT molecular complexity index is 1010. The van der Waals surface area contributed by atoms with Gasteiger partial charge < -0.3 is 19.9 Å². The van der Waals surface area contributed by atoms with E-state index < -0.39 is 0 Å². The summed E-state index contributed by atoms with van der Waals surface area (Å²) >= 11 is 0. The highest BCUT2D eigenvalue weighted by Gasteiger charge is 2.18. The fraction of sp³-hybridized carbons (Fsp3) is 0.600. The minimum absolute atomic E-state index is 0.0331. The second-order valence-corrected chi connectivity index (χ2v) is 10.3. The van der Waals surface area contributed by atoms with E-state index in [1.54, 1.807) is 45.3 Å². The van der Waals surface area contributed by atoms with Crippen LogP contribution in [-0.2, 0) is 39.9 Å². The van der Waals surface area contributed by atoms with Crippen LogP contribution in [0.4, 0.5) is 5.69 Å². The minimum atomic E-state index is -0.363. The average Bonchev–Trinajstić information content (AvgIpc) is 2.89. The Kier molecular flexibility index (Phi) is 16.3. The van der Waals surface area contributed by atoms with E-state index in [0.29, 0.717) is 44.8 Å². The van der Waals surface area contributed by atoms with Gasteiger partial charge in [0, 0.05) is 58.2 Å². The molecule has 1 aromatic carbocycles. The van der Waals surface area contributed by atoms with Gasteiger partial charge in [0.1, 0.15) is 23.8 Å². The van der Waals surface area contributed by atoms with Gasteiger partial charge >= 0.3 is 0 Å². The van der Waals surface area contributed by atoms with E-state index in [2.05, 4.69) is 5.32 Å². The van der Waals surface area contributed by atoms with Crippen LogP contribution in [0.5, 0.6) is 0 Å². The number of carbonyl (C=O) groups excluding carboxylic acids is 6. The number of nitrogens with one attached hydrogen (secondary N) is 1. The van der Waals surface area contributed by atoms with E-state index in [1.165, 1.54) is 16.7 Å². The fourth-order valence-corrected chi connectivity index (χ4v) is 3.79. The number of ketones is 3. The topological polar surface area (TPSA) is 130 Å². The molecule has 0 aliphatic heterocycles. The summed E-state index contributed by atoms with van der Waals surface area (Å²) in [6.45, 7) is 6.50. The normalized spacial score (nSPS) is 11.4. The van der Waals surface area contributed by atoms with Gasteiger partial charge in [-0.25, -0.2) is 0 Å². The fourth-order valence-electron chi connectivity index (χ4n) is 3.79. The molecule has 0 aliphatic rings. The number of Topliss-reactive ketones (excluding diaryl/α,β-unsaturated/α-hetero) is 3. The molecule has 1 atom stereocenters. The lowest BCUT2D eigenvalue weighted by molar-refractivity contribution is -0.135. The van der Waals surface area contributed by atoms with Gasteiger partial charge in [0.05, 0.1) is 13.0 Å². The molecule has 222 valence electrons. The molecule has 1 unspecified atom stereocenters. The molecule has 0 saturated carbocycles. The maximum Gasteiger partial charge on any atom is 0.236 e. The van der Waals surface area contributed by atoms with Crippen molar-refractivity contribution in [2.24, 2.45) is 5.92 Å². The number of unbranched alkanes of at least 4 members (excludes halogenated alkanes) is 1. The Hall–Kier alpha value is -3.40. The Balaban J connectivity index is 2.22. The summed E-state index contributed by atoms with van der Waals surface area (Å²) in [5.74, 6) is -0.798. The predicted molar refractivity (Wildman–Crippen MR) is 153 cm³/mol. The van der Waals surface area contributed by atoms with Gasteiger partial charge in [-0.1, -0.05) is 25.5 Å². The molecule has 1 N–H and O–H groups in total. The first-order chi connectivity index (χ1) is 18.9. The molecule has 0 aromatic heterocycles. The van der Waals surface area contributed by atoms with Gasteiger partial charge in [-0.15, -0.1) is 0 Å². The van der Waals surface area contributed by atoms with Gasteiger partial charge in [-0.3, -0.25) is 28.8 Å². The lowest BCUT2D eigenvalue weighted by Crippen LogP contribution is -2.36. The van der Waals surface area contributed by atoms with Crippen molar-refractivity contribution in [1.82, 2.24) is 10.2 Å². The van der Waals surface area contributed by atoms with Crippen LogP contribution in [0, 0.1) is 5.92 Å². The summed E-state index contributed by atoms with van der Waals surface area (Å²) in [5, 5.41) is 2.87. The Morgan fingerprint density at radius 2 is 1.55 bits per heavy atom. The van der Waals surface area contributed by atoms with E-state index in [1.807, 2.05) is 6.92 Å². The smallest absolute Gasteiger partial charge is 0.236 e. The van der Waals surface area contributed by atoms with Gasteiger partial charge in [-0.2, -0.15) is 0 Å². The van der Waals surface area contributed by atoms with Crippen molar-refractivity contribution in [3.8, 4) is 0 Å². The zero-order valence-electron chi connectivity index (χ0n) is 24.6. The molecular weight excluding hydrogens is 514 g/mol. The first-order valence-electron chi connectivity index (χ1n) is 13.9. The standard InChI is InChI=1S/C30H45N3O7/c1-22(24(3)35)9-6-7-15-31-28(37)10-8-17-40-18-16-32(4)29(38)21-30(39)33(5)26-13-11-25(12-14-26)20-27(36)19-23(2)34/h11-14,22H,6-10,15-21H2,1-5H3,(H,31,37). The van der Waals surface area contributed by atoms with Crippen molar-refractivity contribution >= 4 is 40.8 Å². The number of rotatable bonds is 20. The van der Waals surface area contributed by atoms with Crippen molar-refractivity contribution in [2.45, 2.75) is 72.1 Å². The van der Waals surface area contributed by atoms with Crippen LogP contribution >= 0.6 is 0 Å². The number of hydrogen-bond donors (Lipinski definition) is 1. The molecule has 10 nitrogen and oxygen atoms in total. The van der Waals surface area contributed by atoms with Gasteiger partial charge in [0.25, 0.3) is 0 Å². The highest BCUT2D eigenvalue weighted by molar-refractivity contribution is 6.04. The number of hydrogen-bond acceptors (Lipinski definition) is 7. The van der Waals surface area contributed by atoms with Crippen LogP contribution in [0.15, 0.2) is 24.3 Å². The molecule has 40 heavy (non-hydrogen) atoms. The average molecular weight is 560 g/mol. The Morgan fingerprint density at radius 1 is 0.875 bits per heavy atom. The monoisotopic (exact) mass is 559 g/mol. The molecule has 0 saturated heterocycles. The summed E-state index contributed by atoms with van der Waals surface area (Å²) in [5.41, 5.74) is 1.35. The van der Waals surface area contributed by atoms with E-state index >= 15 is 0 Å². The molecular formula is C30H45N3O7. The summed E-state index contributed by atoms with van der Waals surface area (Å²) in [6.07, 6.45) is 3.27. The quantitative estimate of drug-likeness (QED) is 0.192. The van der Waals surface area contributed by atoms with Crippen LogP contribution in [0.2, 0.25) is 0 Å². The third kappa shape index (κ3) is 14.7. The maximum atomic E-state index is 12.6. The molecule has 0 bridgehead atoms. The van der Waals surface area contributed by atoms with Crippen molar-refractivity contribution < 1.29 is 33.5 Å². The highest BCUT2D eigenvalue weighted by atomic mass is 16.5. The summed E-state index contributed by atoms with van der Waals surface area (Å²) in [7, 11) is 3.19. The minimum Gasteiger partial charge on any atom is -0.380 e. The van der Waals surface area contributed by atoms with Crippen molar-refractivity contribution in [1.29, 1.82) is 0 Å². The number of likely N-dealkylation sites (N-methyl/N-ethyl adjacent to an activating group) is 1. The summed E-state index contributed by atoms with van der Waals surface area (Å²) < 4.78 is 5.53. The number of nitrogens with zero attached hydrogens (tertiary/aromatic N) is 2. The van der Waals surface area contributed by atoms with Crippen LogP contribution in [0.3, 0.4) is 0 Å². The Morgan fingerprint density at radius 3 is 2.17 bits per heavy atom. The largest absolute Gasteiger partial charge is 0.380 e. The number of ether oxygens (including phenoxy) is 1. The maximum absolute atomic E-state index is 12.6. The third-order valence-electron chi connectivity index (χ3n) is 6.62. The van der Waals surface area contributed by atoms with Gasteiger partial charge in [0.2, 0.25) is 17.7 Å². The van der Waals surface area contributed by atoms with E-state index in [-0.39, 0.29) is 60.3 Å². The molecule has 0 aliphatic carbocycles. The zero-order chi connectivity index (χ0) is 30.1. The van der Waals surface area contributed by atoms with Crippen molar-refractivity contribution in [3.05, 3.63) is 29.8 Å². The molecule has 0 heterocycles. The summed E-state index contributed by atoms with van der Waals surface area (Å²) in [6, 6.07) is 6.86. The number of amides is 3. The SMILES string of the molecule is CC(=O)CC(=O)Cc1ccc(N(C)C(=O)CC(=O)N(C)CCOCCCC(=O)NCCCCC(C)C(C)=O)cc1. The number of carbonyl (C=O) groups is 6. The van der Waals surface area contributed by atoms with Crippen LogP contribution in [0.1, 0.15) is 71.3 Å². The lowest BCUT2D eigenvalue weighted by atomic mass is 10.0. The highest BCUT2D eigenvalue weighted by Crippen LogP contribution is 2.16. The first-order valence-corrected chi connectivity index (χ1v) is 13.9. The molecule has 1 aromatic rings. The van der Waals surface area contributed by atoms with E-state index in [0.717, 1.165) is 24.8 Å². The van der Waals surface area contributed by atoms with Crippen molar-refractivity contribution in [3.63, 3.8) is 0 Å². The molecule has 0 fully saturated rings. The molecule has 10 heteroatoms. The number of benzene rings is 1. The van der Waals surface area contributed by atoms with Crippen LogP contribution < -0.4 is 10.2 Å². The lowest BCUT2D eigenvalue weighted by Gasteiger charge is -2.21. The van der Waals surface area contributed by atoms with E-state index in [4.69, 9.17) is 4.74 Å². The van der Waals surface area contributed by atoms with Gasteiger partial charge in [-0.05, 0) is 50.8 Å². The predicted octanol–water partition coefficient (Wildman–Crippen LogP) is 2.90. The molecule has 1 rings (SSSR count). The van der Waals surface area contributed by atoms with Gasteiger partial charge in [0.15, 0.2) is 0 Å². The van der Waals surface area contributed by atoms with E-state index in [9.17, 15) is 28.8 Å². The third-order valence-corrected chi connectivity index (χ3v) is 6.62. The Labute approximate surface area is 237 Å². The molecule has 0 radical (unpaired) electrons. The second kappa shape index (κ2) is 18.8. The van der Waals surface area contributed by atoms with Crippen molar-refractivity contribution in [2.75, 3.05) is 45.3 Å². The molecule has 0 spiro atoms. The number of anilines is 1. The second-order valence-electron chi connectivity index (χ2n) is 10.3. The summed E-state index contributed by atoms with van der Waals surface area (Å²) in [4.78, 5) is 73.9.